The quantitative estimate of drug-likeness (QED) is 0.431. The fourth-order valence-corrected chi connectivity index (χ4v) is 7.45. The first-order chi connectivity index (χ1) is 21.2. The molecule has 2 N–H and O–H groups in total. The summed E-state index contributed by atoms with van der Waals surface area (Å²) in [5.74, 6) is -3.71. The van der Waals surface area contributed by atoms with Gasteiger partial charge in [-0.15, -0.1) is 0 Å². The van der Waals surface area contributed by atoms with Crippen LogP contribution in [0, 0.1) is 0 Å². The van der Waals surface area contributed by atoms with Gasteiger partial charge >= 0.3 is 0 Å². The van der Waals surface area contributed by atoms with Gasteiger partial charge in [-0.3, -0.25) is 29.7 Å². The summed E-state index contributed by atoms with van der Waals surface area (Å²) in [6.07, 6.45) is 2.37. The number of alkyl halides is 2. The van der Waals surface area contributed by atoms with E-state index in [1.54, 1.807) is 23.2 Å². The van der Waals surface area contributed by atoms with Crippen molar-refractivity contribution in [2.75, 3.05) is 32.9 Å². The molecular weight excluding hydrogens is 572 g/mol. The van der Waals surface area contributed by atoms with Gasteiger partial charge in [0.1, 0.15) is 18.4 Å². The number of imide groups is 1. The van der Waals surface area contributed by atoms with E-state index in [-0.39, 0.29) is 50.1 Å². The molecule has 12 heteroatoms. The third-order valence-electron chi connectivity index (χ3n) is 9.98. The number of nitrogens with one attached hydrogen (secondary N) is 2. The fourth-order valence-electron chi connectivity index (χ4n) is 7.45. The molecule has 3 aromatic rings. The normalized spacial score (nSPS) is 26.4. The molecule has 0 saturated carbocycles. The zero-order valence-electron chi connectivity index (χ0n) is 23.9. The number of aromatic nitrogens is 2. The summed E-state index contributed by atoms with van der Waals surface area (Å²) in [5, 5.41) is 9.61. The number of amides is 3. The monoisotopic (exact) mass is 603 g/mol. The van der Waals surface area contributed by atoms with Gasteiger partial charge in [0.05, 0.1) is 43.6 Å². The average molecular weight is 604 g/mol. The Bertz CT molecular complexity index is 1700. The number of nitrogens with zero attached hydrogens (tertiary/aromatic N) is 3. The summed E-state index contributed by atoms with van der Waals surface area (Å²) in [6, 6.07) is 10.4. The average Bonchev–Trinajstić information content (AvgIpc) is 3.67. The van der Waals surface area contributed by atoms with Crippen LogP contribution in [0.3, 0.4) is 0 Å². The van der Waals surface area contributed by atoms with Crippen molar-refractivity contribution in [1.82, 2.24) is 25.3 Å². The van der Waals surface area contributed by atoms with E-state index >= 15 is 8.78 Å². The summed E-state index contributed by atoms with van der Waals surface area (Å²) in [4.78, 5) is 40.5. The highest BCUT2D eigenvalue weighted by molar-refractivity contribution is 6.05. The third-order valence-corrected chi connectivity index (χ3v) is 9.98. The number of ether oxygens (including phenoxy) is 2. The Kier molecular flexibility index (Phi) is 6.18. The van der Waals surface area contributed by atoms with Crippen molar-refractivity contribution >= 4 is 17.7 Å². The molecule has 228 valence electrons. The lowest BCUT2D eigenvalue weighted by Crippen LogP contribution is -2.58. The largest absolute Gasteiger partial charge is 0.492 e. The number of rotatable bonds is 5. The molecule has 3 amide bonds. The summed E-state index contributed by atoms with van der Waals surface area (Å²) in [7, 11) is 0. The highest BCUT2D eigenvalue weighted by Crippen LogP contribution is 2.55. The number of H-pyrrole nitrogens is 1. The molecule has 6 heterocycles. The van der Waals surface area contributed by atoms with Crippen LogP contribution in [0.4, 0.5) is 8.78 Å². The highest BCUT2D eigenvalue weighted by Gasteiger charge is 2.62. The highest BCUT2D eigenvalue weighted by atomic mass is 19.3. The molecule has 1 unspecified atom stereocenters. The molecule has 1 spiro atoms. The van der Waals surface area contributed by atoms with Crippen LogP contribution in [0.2, 0.25) is 0 Å². The molecule has 0 bridgehead atoms. The van der Waals surface area contributed by atoms with E-state index in [4.69, 9.17) is 9.47 Å². The predicted molar refractivity (Wildman–Crippen MR) is 152 cm³/mol. The molecule has 5 aliphatic heterocycles. The zero-order chi connectivity index (χ0) is 30.2. The topological polar surface area (TPSA) is 117 Å². The molecule has 3 fully saturated rings. The Balaban J connectivity index is 1.01. The number of benzene rings is 2. The number of aromatic amines is 1. The Hall–Kier alpha value is -4.16. The summed E-state index contributed by atoms with van der Waals surface area (Å²) in [6.45, 7) is 1.64. The minimum atomic E-state index is -3.09. The number of likely N-dealkylation sites (tertiary alicyclic amines) is 1. The first kappa shape index (κ1) is 27.4. The first-order valence-electron chi connectivity index (χ1n) is 15.0. The lowest BCUT2D eigenvalue weighted by atomic mass is 9.71. The van der Waals surface area contributed by atoms with Crippen molar-refractivity contribution in [1.29, 1.82) is 0 Å². The molecular formula is C32H31F2N5O5. The molecule has 10 nitrogen and oxygen atoms in total. The standard InChI is InChI=1S/C32H31F2N5O5/c33-32(34)16-38(12-18-2-1-3-19(10-18)22-11-35-37-27(22)20-14-43-15-20)9-8-31(32)17-44-28-23-13-39(25-6-7-26(40)36-29(25)41)30(42)21(23)4-5-24(28)31/h1-5,10-11,20,25H,6-9,12-17H2,(H,35,37)(H,36,40,41)/t25-,31?/m0/s1. The Morgan fingerprint density at radius 3 is 2.73 bits per heavy atom. The summed E-state index contributed by atoms with van der Waals surface area (Å²) >= 11 is 0. The predicted octanol–water partition coefficient (Wildman–Crippen LogP) is 3.12. The van der Waals surface area contributed by atoms with Crippen LogP contribution in [0.5, 0.6) is 5.75 Å². The maximum atomic E-state index is 16.3. The minimum absolute atomic E-state index is 0.0832. The molecule has 1 aromatic heterocycles. The Morgan fingerprint density at radius 1 is 1.09 bits per heavy atom. The lowest BCUT2D eigenvalue weighted by molar-refractivity contribution is -0.137. The zero-order valence-corrected chi connectivity index (χ0v) is 23.9. The van der Waals surface area contributed by atoms with E-state index < -0.39 is 29.8 Å². The number of fused-ring (bicyclic) bond motifs is 4. The summed E-state index contributed by atoms with van der Waals surface area (Å²) < 4.78 is 43.9. The van der Waals surface area contributed by atoms with Crippen molar-refractivity contribution in [3.05, 3.63) is 70.5 Å². The second-order valence-corrected chi connectivity index (χ2v) is 12.5. The van der Waals surface area contributed by atoms with E-state index in [2.05, 4.69) is 15.5 Å². The molecule has 0 aliphatic carbocycles. The van der Waals surface area contributed by atoms with E-state index in [1.807, 2.05) is 24.3 Å². The van der Waals surface area contributed by atoms with Gasteiger partial charge in [-0.05, 0) is 42.6 Å². The molecule has 0 radical (unpaired) electrons. The van der Waals surface area contributed by atoms with Gasteiger partial charge in [0.25, 0.3) is 11.8 Å². The van der Waals surface area contributed by atoms with E-state index in [0.29, 0.717) is 48.7 Å². The van der Waals surface area contributed by atoms with Crippen LogP contribution in [-0.2, 0) is 32.8 Å². The Morgan fingerprint density at radius 2 is 1.95 bits per heavy atom. The van der Waals surface area contributed by atoms with Crippen LogP contribution in [-0.4, -0.2) is 82.6 Å². The van der Waals surface area contributed by atoms with Crippen LogP contribution in [0.15, 0.2) is 42.6 Å². The van der Waals surface area contributed by atoms with Crippen LogP contribution < -0.4 is 10.1 Å². The molecule has 5 aliphatic rings. The summed E-state index contributed by atoms with van der Waals surface area (Å²) in [5.41, 5.74) is 3.79. The van der Waals surface area contributed by atoms with Gasteiger partial charge in [-0.1, -0.05) is 24.3 Å². The van der Waals surface area contributed by atoms with Crippen LogP contribution in [0.25, 0.3) is 11.1 Å². The van der Waals surface area contributed by atoms with Crippen molar-refractivity contribution in [2.45, 2.75) is 55.6 Å². The second kappa shape index (κ2) is 9.93. The number of carbonyl (C=O) groups excluding carboxylic acids is 3. The first-order valence-corrected chi connectivity index (χ1v) is 15.0. The number of carbonyl (C=O) groups is 3. The Labute approximate surface area is 251 Å². The van der Waals surface area contributed by atoms with Gasteiger partial charge in [-0.25, -0.2) is 8.78 Å². The number of halogens is 2. The maximum Gasteiger partial charge on any atom is 0.273 e. The van der Waals surface area contributed by atoms with Gasteiger partial charge in [0.15, 0.2) is 0 Å². The van der Waals surface area contributed by atoms with Crippen LogP contribution >= 0.6 is 0 Å². The van der Waals surface area contributed by atoms with E-state index in [9.17, 15) is 14.4 Å². The van der Waals surface area contributed by atoms with Crippen molar-refractivity contribution < 1.29 is 32.6 Å². The van der Waals surface area contributed by atoms with E-state index in [1.165, 1.54) is 4.90 Å². The number of hydrogen-bond acceptors (Lipinski definition) is 7. The van der Waals surface area contributed by atoms with Crippen molar-refractivity contribution in [3.63, 3.8) is 0 Å². The lowest BCUT2D eigenvalue weighted by Gasteiger charge is -2.44. The van der Waals surface area contributed by atoms with Crippen LogP contribution in [0.1, 0.15) is 57.9 Å². The minimum Gasteiger partial charge on any atom is -0.492 e. The number of piperidine rings is 2. The second-order valence-electron chi connectivity index (χ2n) is 12.5. The van der Waals surface area contributed by atoms with Gasteiger partial charge in [0.2, 0.25) is 11.8 Å². The van der Waals surface area contributed by atoms with Gasteiger partial charge in [-0.2, -0.15) is 5.10 Å². The van der Waals surface area contributed by atoms with Gasteiger partial charge < -0.3 is 14.4 Å². The fraction of sp³-hybridized carbons (Fsp3) is 0.438. The number of hydrogen-bond donors (Lipinski definition) is 2. The SMILES string of the molecule is O=C1CC[C@H](N2Cc3c(ccc4c3OCC43CCN(Cc4cccc(-c5cn[nH]c5C5COC5)c4)CC3(F)F)C2=O)C(=O)N1. The molecule has 44 heavy (non-hydrogen) atoms. The van der Waals surface area contributed by atoms with Gasteiger partial charge in [0, 0.05) is 41.1 Å². The molecule has 8 rings (SSSR count). The van der Waals surface area contributed by atoms with Crippen molar-refractivity contribution in [3.8, 4) is 16.9 Å². The van der Waals surface area contributed by atoms with E-state index in [0.717, 1.165) is 22.4 Å². The third kappa shape index (κ3) is 4.11. The molecule has 3 saturated heterocycles. The smallest absolute Gasteiger partial charge is 0.273 e. The molecule has 2 aromatic carbocycles. The maximum absolute atomic E-state index is 16.3. The van der Waals surface area contributed by atoms with Crippen molar-refractivity contribution in [2.24, 2.45) is 0 Å². The molecule has 2 atom stereocenters.